The van der Waals surface area contributed by atoms with Crippen LogP contribution in [0, 0.1) is 10.1 Å². The maximum absolute atomic E-state index is 10.5. The quantitative estimate of drug-likeness (QED) is 0.336. The Bertz CT molecular complexity index is 276. The molecule has 0 rings (SSSR count). The van der Waals surface area contributed by atoms with Crippen LogP contribution in [0.3, 0.4) is 0 Å². The van der Waals surface area contributed by atoms with Gasteiger partial charge in [0.15, 0.2) is 8.32 Å². The first-order valence-electron chi connectivity index (χ1n) is 6.44. The van der Waals surface area contributed by atoms with E-state index in [9.17, 15) is 15.2 Å². The van der Waals surface area contributed by atoms with E-state index in [1.165, 1.54) is 6.92 Å². The summed E-state index contributed by atoms with van der Waals surface area (Å²) in [5.41, 5.74) is 0. The Morgan fingerprint density at radius 1 is 1.39 bits per heavy atom. The van der Waals surface area contributed by atoms with Crippen LogP contribution >= 0.6 is 0 Å². The SMILES string of the molecule is CC(C(O)CCCO[Si](C)(C)C(C)(C)C)[N+](=O)[O-]. The molecule has 1 N–H and O–H groups in total. The van der Waals surface area contributed by atoms with Crippen molar-refractivity contribution in [3.63, 3.8) is 0 Å². The van der Waals surface area contributed by atoms with Gasteiger partial charge in [0.2, 0.25) is 6.04 Å². The van der Waals surface area contributed by atoms with E-state index in [0.29, 0.717) is 19.4 Å². The zero-order chi connectivity index (χ0) is 14.6. The summed E-state index contributed by atoms with van der Waals surface area (Å²) >= 11 is 0. The van der Waals surface area contributed by atoms with Crippen LogP contribution in [0.4, 0.5) is 0 Å². The molecule has 5 nitrogen and oxygen atoms in total. The predicted octanol–water partition coefficient (Wildman–Crippen LogP) is 2.81. The molecule has 0 aliphatic carbocycles. The van der Waals surface area contributed by atoms with Gasteiger partial charge in [-0.05, 0) is 31.0 Å². The van der Waals surface area contributed by atoms with E-state index in [-0.39, 0.29) is 5.04 Å². The van der Waals surface area contributed by atoms with Gasteiger partial charge in [-0.1, -0.05) is 20.8 Å². The third kappa shape index (κ3) is 5.45. The molecule has 18 heavy (non-hydrogen) atoms. The van der Waals surface area contributed by atoms with Crippen molar-refractivity contribution in [3.05, 3.63) is 10.1 Å². The first kappa shape index (κ1) is 17.5. The van der Waals surface area contributed by atoms with E-state index in [0.717, 1.165) is 0 Å². The van der Waals surface area contributed by atoms with Gasteiger partial charge < -0.3 is 9.53 Å². The molecular formula is C12H27NO4Si. The van der Waals surface area contributed by atoms with Gasteiger partial charge in [0.1, 0.15) is 6.10 Å². The summed E-state index contributed by atoms with van der Waals surface area (Å²) in [5.74, 6) is 0. The highest BCUT2D eigenvalue weighted by atomic mass is 28.4. The molecule has 0 radical (unpaired) electrons. The number of nitrogens with zero attached hydrogens (tertiary/aromatic N) is 1. The molecule has 0 aromatic carbocycles. The Morgan fingerprint density at radius 3 is 2.28 bits per heavy atom. The lowest BCUT2D eigenvalue weighted by Crippen LogP contribution is -2.41. The van der Waals surface area contributed by atoms with E-state index >= 15 is 0 Å². The number of hydrogen-bond donors (Lipinski definition) is 1. The zero-order valence-corrected chi connectivity index (χ0v) is 13.4. The standard InChI is InChI=1S/C12H27NO4Si/c1-10(13(15)16)11(14)8-7-9-17-18(5,6)12(2,3)4/h10-11,14H,7-9H2,1-6H3. The molecule has 0 amide bonds. The Kier molecular flexibility index (Phi) is 6.46. The van der Waals surface area contributed by atoms with Crippen molar-refractivity contribution < 1.29 is 14.5 Å². The highest BCUT2D eigenvalue weighted by molar-refractivity contribution is 6.74. The Morgan fingerprint density at radius 2 is 1.89 bits per heavy atom. The molecule has 0 aromatic rings. The van der Waals surface area contributed by atoms with Crippen LogP contribution in [0.15, 0.2) is 0 Å². The van der Waals surface area contributed by atoms with Crippen LogP contribution in [0.1, 0.15) is 40.5 Å². The topological polar surface area (TPSA) is 72.6 Å². The number of rotatable bonds is 7. The smallest absolute Gasteiger partial charge is 0.235 e. The second-order valence-electron chi connectivity index (χ2n) is 6.34. The highest BCUT2D eigenvalue weighted by Crippen LogP contribution is 2.36. The Labute approximate surface area is 111 Å². The minimum absolute atomic E-state index is 0.166. The summed E-state index contributed by atoms with van der Waals surface area (Å²) in [6.45, 7) is 12.8. The molecule has 0 heterocycles. The molecule has 0 spiro atoms. The lowest BCUT2D eigenvalue weighted by Gasteiger charge is -2.36. The normalized spacial score (nSPS) is 16.4. The molecule has 0 saturated carbocycles. The first-order valence-corrected chi connectivity index (χ1v) is 9.35. The number of aliphatic hydroxyl groups excluding tert-OH is 1. The highest BCUT2D eigenvalue weighted by Gasteiger charge is 2.36. The Hall–Kier alpha value is -0.463. The van der Waals surface area contributed by atoms with Gasteiger partial charge in [-0.25, -0.2) is 0 Å². The van der Waals surface area contributed by atoms with Crippen molar-refractivity contribution in [3.8, 4) is 0 Å². The summed E-state index contributed by atoms with van der Waals surface area (Å²) in [4.78, 5) is 10.0. The minimum atomic E-state index is -1.74. The Balaban J connectivity index is 3.98. The maximum atomic E-state index is 10.5. The molecular weight excluding hydrogens is 250 g/mol. The maximum Gasteiger partial charge on any atom is 0.235 e. The van der Waals surface area contributed by atoms with Crippen LogP contribution in [-0.4, -0.2) is 37.1 Å². The molecule has 2 unspecified atom stereocenters. The van der Waals surface area contributed by atoms with Crippen molar-refractivity contribution in [1.29, 1.82) is 0 Å². The lowest BCUT2D eigenvalue weighted by molar-refractivity contribution is -0.530. The fourth-order valence-corrected chi connectivity index (χ4v) is 2.31. The zero-order valence-electron chi connectivity index (χ0n) is 12.4. The summed E-state index contributed by atoms with van der Waals surface area (Å²) in [6, 6.07) is -0.905. The largest absolute Gasteiger partial charge is 0.417 e. The second-order valence-corrected chi connectivity index (χ2v) is 11.2. The monoisotopic (exact) mass is 277 g/mol. The van der Waals surface area contributed by atoms with Crippen molar-refractivity contribution in [2.45, 2.75) is 70.8 Å². The summed E-state index contributed by atoms with van der Waals surface area (Å²) in [7, 11) is -1.74. The van der Waals surface area contributed by atoms with Gasteiger partial charge in [0.25, 0.3) is 0 Å². The lowest BCUT2D eigenvalue weighted by atomic mass is 10.1. The van der Waals surface area contributed by atoms with Gasteiger partial charge in [-0.15, -0.1) is 0 Å². The first-order chi connectivity index (χ1) is 7.99. The van der Waals surface area contributed by atoms with E-state index in [1.54, 1.807) is 0 Å². The van der Waals surface area contributed by atoms with E-state index in [2.05, 4.69) is 33.9 Å². The number of hydrogen-bond acceptors (Lipinski definition) is 4. The molecule has 6 heteroatoms. The fraction of sp³-hybridized carbons (Fsp3) is 1.00. The number of nitro groups is 1. The summed E-state index contributed by atoms with van der Waals surface area (Å²) in [5, 5.41) is 20.2. The van der Waals surface area contributed by atoms with Crippen LogP contribution < -0.4 is 0 Å². The van der Waals surface area contributed by atoms with Crippen LogP contribution in [0.2, 0.25) is 18.1 Å². The third-order valence-corrected chi connectivity index (χ3v) is 8.34. The molecule has 0 aliphatic rings. The van der Waals surface area contributed by atoms with Gasteiger partial charge in [0, 0.05) is 18.5 Å². The second kappa shape index (κ2) is 6.63. The van der Waals surface area contributed by atoms with E-state index in [1.807, 2.05) is 0 Å². The predicted molar refractivity (Wildman–Crippen MR) is 74.8 cm³/mol. The van der Waals surface area contributed by atoms with Gasteiger partial charge in [-0.2, -0.15) is 0 Å². The molecule has 0 bridgehead atoms. The molecule has 0 aromatic heterocycles. The average Bonchev–Trinajstić information content (AvgIpc) is 2.21. The summed E-state index contributed by atoms with van der Waals surface area (Å²) in [6.07, 6.45) is 0.186. The van der Waals surface area contributed by atoms with Gasteiger partial charge in [0.05, 0.1) is 0 Å². The molecule has 0 fully saturated rings. The van der Waals surface area contributed by atoms with Crippen molar-refractivity contribution in [2.75, 3.05) is 6.61 Å². The third-order valence-electron chi connectivity index (χ3n) is 3.80. The van der Waals surface area contributed by atoms with Crippen molar-refractivity contribution in [2.24, 2.45) is 0 Å². The number of aliphatic hydroxyl groups is 1. The van der Waals surface area contributed by atoms with Crippen LogP contribution in [-0.2, 0) is 4.43 Å². The molecule has 2 atom stereocenters. The van der Waals surface area contributed by atoms with Gasteiger partial charge in [-0.3, -0.25) is 10.1 Å². The molecule has 108 valence electrons. The van der Waals surface area contributed by atoms with Crippen molar-refractivity contribution in [1.82, 2.24) is 0 Å². The molecule has 0 aliphatic heterocycles. The van der Waals surface area contributed by atoms with E-state index in [4.69, 9.17) is 4.43 Å². The average molecular weight is 277 g/mol. The molecule has 0 saturated heterocycles. The van der Waals surface area contributed by atoms with Crippen molar-refractivity contribution >= 4 is 8.32 Å². The minimum Gasteiger partial charge on any atom is -0.417 e. The fourth-order valence-electron chi connectivity index (χ4n) is 1.22. The summed E-state index contributed by atoms with van der Waals surface area (Å²) < 4.78 is 5.94. The van der Waals surface area contributed by atoms with Gasteiger partial charge >= 0.3 is 0 Å². The van der Waals surface area contributed by atoms with Crippen LogP contribution in [0.25, 0.3) is 0 Å². The van der Waals surface area contributed by atoms with E-state index < -0.39 is 25.4 Å². The van der Waals surface area contributed by atoms with Crippen LogP contribution in [0.5, 0.6) is 0 Å².